The lowest BCUT2D eigenvalue weighted by Crippen LogP contribution is -2.14. The topological polar surface area (TPSA) is 30.5 Å². The molecule has 0 aliphatic rings. The highest BCUT2D eigenvalue weighted by molar-refractivity contribution is 5.28. The summed E-state index contributed by atoms with van der Waals surface area (Å²) in [6.45, 7) is 5.17. The Morgan fingerprint density at radius 3 is 2.33 bits per heavy atom. The molecule has 0 atom stereocenters. The van der Waals surface area contributed by atoms with E-state index in [0.717, 1.165) is 31.0 Å². The third-order valence-corrected chi connectivity index (χ3v) is 3.02. The normalized spacial score (nSPS) is 10.3. The molecule has 0 bridgehead atoms. The largest absolute Gasteiger partial charge is 0.490 e. The van der Waals surface area contributed by atoms with E-state index >= 15 is 0 Å². The number of nitrogens with one attached hydrogen (secondary N) is 1. The average molecular weight is 285 g/mol. The molecule has 1 N–H and O–H groups in total. The third kappa shape index (κ3) is 5.88. The maximum absolute atomic E-state index is 5.72. The van der Waals surface area contributed by atoms with Gasteiger partial charge in [-0.15, -0.1) is 0 Å². The van der Waals surface area contributed by atoms with E-state index in [1.54, 1.807) is 0 Å². The van der Waals surface area contributed by atoms with Crippen LogP contribution in [0.3, 0.4) is 0 Å². The summed E-state index contributed by atoms with van der Waals surface area (Å²) in [6.07, 6.45) is 1.15. The average Bonchev–Trinajstić information content (AvgIpc) is 2.53. The molecule has 0 saturated carbocycles. The molecule has 0 fully saturated rings. The summed E-state index contributed by atoms with van der Waals surface area (Å²) in [5.74, 6) is 1.76. The number of hydrogen-bond acceptors (Lipinski definition) is 3. The monoisotopic (exact) mass is 285 g/mol. The maximum Gasteiger partial charge on any atom is 0.122 e. The van der Waals surface area contributed by atoms with Gasteiger partial charge in [0, 0.05) is 6.54 Å². The van der Waals surface area contributed by atoms with Crippen LogP contribution in [0.15, 0.2) is 54.6 Å². The van der Waals surface area contributed by atoms with Gasteiger partial charge in [0.05, 0.1) is 0 Å². The second-order valence-corrected chi connectivity index (χ2v) is 4.83. The number of rotatable bonds is 9. The molecule has 0 aliphatic heterocycles. The standard InChI is InChI=1S/C18H23NO2/c1-2-11-19-15-16-7-6-10-18(14-16)21-13-12-20-17-8-4-3-5-9-17/h3-10,14,19H,2,11-13,15H2,1H3. The molecule has 0 radical (unpaired) electrons. The molecule has 0 saturated heterocycles. The second-order valence-electron chi connectivity index (χ2n) is 4.83. The fraction of sp³-hybridized carbons (Fsp3) is 0.333. The van der Waals surface area contributed by atoms with Crippen LogP contribution in [-0.4, -0.2) is 19.8 Å². The van der Waals surface area contributed by atoms with Gasteiger partial charge in [-0.1, -0.05) is 37.3 Å². The fourth-order valence-electron chi connectivity index (χ4n) is 1.99. The lowest BCUT2D eigenvalue weighted by molar-refractivity contribution is 0.217. The van der Waals surface area contributed by atoms with Gasteiger partial charge in [-0.05, 0) is 42.8 Å². The van der Waals surface area contributed by atoms with Crippen molar-refractivity contribution >= 4 is 0 Å². The first-order valence-electron chi connectivity index (χ1n) is 7.49. The number of ether oxygens (including phenoxy) is 2. The minimum Gasteiger partial charge on any atom is -0.490 e. The number of para-hydroxylation sites is 1. The van der Waals surface area contributed by atoms with Gasteiger partial charge in [0.25, 0.3) is 0 Å². The summed E-state index contributed by atoms with van der Waals surface area (Å²) in [7, 11) is 0. The minimum atomic E-state index is 0.542. The molecule has 3 heteroatoms. The van der Waals surface area contributed by atoms with Crippen molar-refractivity contribution < 1.29 is 9.47 Å². The number of hydrogen-bond donors (Lipinski definition) is 1. The van der Waals surface area contributed by atoms with Crippen LogP contribution in [0.1, 0.15) is 18.9 Å². The predicted molar refractivity (Wildman–Crippen MR) is 85.9 cm³/mol. The summed E-state index contributed by atoms with van der Waals surface area (Å²) in [6, 6.07) is 18.0. The quantitative estimate of drug-likeness (QED) is 0.713. The Morgan fingerprint density at radius 2 is 1.57 bits per heavy atom. The van der Waals surface area contributed by atoms with E-state index in [1.165, 1.54) is 5.56 Å². The Balaban J connectivity index is 1.71. The summed E-state index contributed by atoms with van der Waals surface area (Å²) < 4.78 is 11.3. The van der Waals surface area contributed by atoms with Crippen molar-refractivity contribution in [1.29, 1.82) is 0 Å². The Labute approximate surface area is 126 Å². The van der Waals surface area contributed by atoms with Gasteiger partial charge in [0.1, 0.15) is 24.7 Å². The molecule has 0 aliphatic carbocycles. The Morgan fingerprint density at radius 1 is 0.857 bits per heavy atom. The SMILES string of the molecule is CCCNCc1cccc(OCCOc2ccccc2)c1. The smallest absolute Gasteiger partial charge is 0.122 e. The van der Waals surface area contributed by atoms with E-state index in [4.69, 9.17) is 9.47 Å². The Hall–Kier alpha value is -2.00. The number of benzene rings is 2. The highest BCUT2D eigenvalue weighted by Crippen LogP contribution is 2.13. The van der Waals surface area contributed by atoms with Crippen LogP contribution in [0.25, 0.3) is 0 Å². The first-order valence-corrected chi connectivity index (χ1v) is 7.49. The van der Waals surface area contributed by atoms with Crippen LogP contribution in [0.5, 0.6) is 11.5 Å². The van der Waals surface area contributed by atoms with Crippen LogP contribution in [0.4, 0.5) is 0 Å². The molecule has 0 amide bonds. The minimum absolute atomic E-state index is 0.542. The molecular formula is C18H23NO2. The van der Waals surface area contributed by atoms with Crippen LogP contribution in [0, 0.1) is 0 Å². The van der Waals surface area contributed by atoms with E-state index in [1.807, 2.05) is 42.5 Å². The molecular weight excluding hydrogens is 262 g/mol. The molecule has 0 unspecified atom stereocenters. The molecule has 2 aromatic carbocycles. The summed E-state index contributed by atoms with van der Waals surface area (Å²) in [4.78, 5) is 0. The summed E-state index contributed by atoms with van der Waals surface area (Å²) in [5, 5.41) is 3.39. The molecule has 0 heterocycles. The van der Waals surface area contributed by atoms with Crippen molar-refractivity contribution in [3.63, 3.8) is 0 Å². The van der Waals surface area contributed by atoms with Crippen LogP contribution in [-0.2, 0) is 6.54 Å². The molecule has 0 aromatic heterocycles. The molecule has 0 spiro atoms. The zero-order valence-electron chi connectivity index (χ0n) is 12.5. The molecule has 3 nitrogen and oxygen atoms in total. The highest BCUT2D eigenvalue weighted by atomic mass is 16.5. The molecule has 2 aromatic rings. The lowest BCUT2D eigenvalue weighted by atomic mass is 10.2. The Kier molecular flexibility index (Phi) is 6.62. The maximum atomic E-state index is 5.72. The van der Waals surface area contributed by atoms with Crippen LogP contribution >= 0.6 is 0 Å². The Bertz CT molecular complexity index is 514. The van der Waals surface area contributed by atoms with Crippen molar-refractivity contribution in [3.8, 4) is 11.5 Å². The zero-order chi connectivity index (χ0) is 14.8. The van der Waals surface area contributed by atoms with Crippen LogP contribution < -0.4 is 14.8 Å². The van der Waals surface area contributed by atoms with E-state index in [2.05, 4.69) is 24.4 Å². The van der Waals surface area contributed by atoms with Gasteiger partial charge in [-0.3, -0.25) is 0 Å². The zero-order valence-corrected chi connectivity index (χ0v) is 12.5. The van der Waals surface area contributed by atoms with E-state index in [9.17, 15) is 0 Å². The molecule has 112 valence electrons. The second kappa shape index (κ2) is 9.03. The van der Waals surface area contributed by atoms with E-state index < -0.39 is 0 Å². The van der Waals surface area contributed by atoms with Gasteiger partial charge < -0.3 is 14.8 Å². The van der Waals surface area contributed by atoms with Gasteiger partial charge in [0.2, 0.25) is 0 Å². The lowest BCUT2D eigenvalue weighted by Gasteiger charge is -2.10. The van der Waals surface area contributed by atoms with Gasteiger partial charge in [0.15, 0.2) is 0 Å². The van der Waals surface area contributed by atoms with Gasteiger partial charge in [-0.25, -0.2) is 0 Å². The summed E-state index contributed by atoms with van der Waals surface area (Å²) >= 11 is 0. The summed E-state index contributed by atoms with van der Waals surface area (Å²) in [5.41, 5.74) is 1.24. The van der Waals surface area contributed by atoms with E-state index in [0.29, 0.717) is 13.2 Å². The van der Waals surface area contributed by atoms with E-state index in [-0.39, 0.29) is 0 Å². The predicted octanol–water partition coefficient (Wildman–Crippen LogP) is 3.64. The molecule has 2 rings (SSSR count). The molecule has 21 heavy (non-hydrogen) atoms. The first-order chi connectivity index (χ1) is 10.4. The van der Waals surface area contributed by atoms with Crippen molar-refractivity contribution in [3.05, 3.63) is 60.2 Å². The first kappa shape index (κ1) is 15.4. The van der Waals surface area contributed by atoms with Crippen molar-refractivity contribution in [2.75, 3.05) is 19.8 Å². The highest BCUT2D eigenvalue weighted by Gasteiger charge is 1.98. The van der Waals surface area contributed by atoms with Gasteiger partial charge in [-0.2, -0.15) is 0 Å². The van der Waals surface area contributed by atoms with Gasteiger partial charge >= 0.3 is 0 Å². The third-order valence-electron chi connectivity index (χ3n) is 3.02. The fourth-order valence-corrected chi connectivity index (χ4v) is 1.99. The van der Waals surface area contributed by atoms with Crippen LogP contribution in [0.2, 0.25) is 0 Å². The van der Waals surface area contributed by atoms with Crippen molar-refractivity contribution in [2.24, 2.45) is 0 Å². The van der Waals surface area contributed by atoms with Crippen molar-refractivity contribution in [2.45, 2.75) is 19.9 Å². The van der Waals surface area contributed by atoms with Crippen molar-refractivity contribution in [1.82, 2.24) is 5.32 Å².